The second-order valence-electron chi connectivity index (χ2n) is 7.04. The molecule has 4 rings (SSSR count). The zero-order chi connectivity index (χ0) is 22.1. The molecule has 0 saturated carbocycles. The molecule has 160 valence electrons. The van der Waals surface area contributed by atoms with Crippen molar-refractivity contribution in [3.63, 3.8) is 0 Å². The number of hydrogen-bond acceptors (Lipinski definition) is 7. The van der Waals surface area contributed by atoms with Crippen molar-refractivity contribution < 1.29 is 14.3 Å². The number of esters is 1. The summed E-state index contributed by atoms with van der Waals surface area (Å²) < 4.78 is 12.7. The normalized spacial score (nSPS) is 16.1. The Morgan fingerprint density at radius 1 is 1.23 bits per heavy atom. The molecule has 1 aromatic carbocycles. The fourth-order valence-corrected chi connectivity index (χ4v) is 5.63. The third-order valence-electron chi connectivity index (χ3n) is 5.08. The largest absolute Gasteiger partial charge is 0.497 e. The highest BCUT2D eigenvalue weighted by molar-refractivity contribution is 7.10. The molecule has 2 aromatic heterocycles. The van der Waals surface area contributed by atoms with Gasteiger partial charge < -0.3 is 9.47 Å². The summed E-state index contributed by atoms with van der Waals surface area (Å²) in [5, 5.41) is 1.97. The lowest BCUT2D eigenvalue weighted by Crippen LogP contribution is -2.39. The van der Waals surface area contributed by atoms with Crippen LogP contribution < -0.4 is 19.6 Å². The minimum absolute atomic E-state index is 0.174. The quantitative estimate of drug-likeness (QED) is 0.556. The number of aromatic nitrogens is 1. The summed E-state index contributed by atoms with van der Waals surface area (Å²) in [4.78, 5) is 32.4. The van der Waals surface area contributed by atoms with Crippen LogP contribution in [0.25, 0.3) is 6.08 Å². The van der Waals surface area contributed by atoms with E-state index < -0.39 is 12.0 Å². The Kier molecular flexibility index (Phi) is 5.93. The molecule has 0 fully saturated rings. The summed E-state index contributed by atoms with van der Waals surface area (Å²) in [6.07, 6.45) is 1.84. The maximum atomic E-state index is 13.5. The molecule has 0 N–H and O–H groups in total. The van der Waals surface area contributed by atoms with E-state index in [2.05, 4.69) is 4.99 Å². The number of rotatable bonds is 5. The van der Waals surface area contributed by atoms with Crippen molar-refractivity contribution in [3.8, 4) is 5.75 Å². The van der Waals surface area contributed by atoms with Crippen LogP contribution in [0.1, 0.15) is 35.9 Å². The third kappa shape index (κ3) is 3.88. The van der Waals surface area contributed by atoms with E-state index in [1.165, 1.54) is 22.7 Å². The van der Waals surface area contributed by atoms with Crippen molar-refractivity contribution in [1.82, 2.24) is 4.57 Å². The van der Waals surface area contributed by atoms with E-state index in [1.54, 1.807) is 25.5 Å². The van der Waals surface area contributed by atoms with Crippen LogP contribution in [0.2, 0.25) is 0 Å². The molecule has 1 aliphatic rings. The topological polar surface area (TPSA) is 69.9 Å². The van der Waals surface area contributed by atoms with Gasteiger partial charge in [-0.3, -0.25) is 9.36 Å². The Hall–Kier alpha value is -2.97. The van der Waals surface area contributed by atoms with Crippen LogP contribution in [-0.2, 0) is 9.53 Å². The average molecular weight is 455 g/mol. The molecule has 1 aliphatic heterocycles. The number of thiophene rings is 1. The molecule has 8 heteroatoms. The SMILES string of the molecule is CCOC(=O)C1=C(C)N=c2sc(=Cc3ccc(OC)cc3)c(=O)n2C1c1sccc1C. The first-order valence-corrected chi connectivity index (χ1v) is 11.5. The van der Waals surface area contributed by atoms with Crippen LogP contribution in [0.3, 0.4) is 0 Å². The Bertz CT molecular complexity index is 1340. The lowest BCUT2D eigenvalue weighted by molar-refractivity contribution is -0.139. The maximum Gasteiger partial charge on any atom is 0.338 e. The molecule has 0 spiro atoms. The number of thiazole rings is 1. The molecule has 0 saturated heterocycles. The number of benzene rings is 1. The summed E-state index contributed by atoms with van der Waals surface area (Å²) in [6, 6.07) is 8.94. The highest BCUT2D eigenvalue weighted by atomic mass is 32.1. The van der Waals surface area contributed by atoms with Crippen LogP contribution in [0.15, 0.2) is 56.8 Å². The standard InChI is InChI=1S/C23H22N2O4S2/c1-5-29-22(27)18-14(3)24-23-25(19(18)20-13(2)10-11-30-20)21(26)17(31-23)12-15-6-8-16(28-4)9-7-15/h6-12,19H,5H2,1-4H3. The minimum Gasteiger partial charge on any atom is -0.497 e. The van der Waals surface area contributed by atoms with Crippen LogP contribution in [0.5, 0.6) is 5.75 Å². The second kappa shape index (κ2) is 8.64. The molecule has 0 bridgehead atoms. The van der Waals surface area contributed by atoms with Gasteiger partial charge in [-0.05, 0) is 61.6 Å². The summed E-state index contributed by atoms with van der Waals surface area (Å²) in [5.74, 6) is 0.312. The number of hydrogen-bond donors (Lipinski definition) is 0. The van der Waals surface area contributed by atoms with Crippen molar-refractivity contribution in [2.75, 3.05) is 13.7 Å². The van der Waals surface area contributed by atoms with E-state index in [4.69, 9.17) is 9.47 Å². The summed E-state index contributed by atoms with van der Waals surface area (Å²) in [6.45, 7) is 5.80. The predicted octanol–water partition coefficient (Wildman–Crippen LogP) is 3.18. The van der Waals surface area contributed by atoms with Crippen molar-refractivity contribution in [3.05, 3.63) is 82.7 Å². The molecule has 3 aromatic rings. The zero-order valence-electron chi connectivity index (χ0n) is 17.7. The van der Waals surface area contributed by atoms with Gasteiger partial charge in [-0.15, -0.1) is 11.3 Å². The van der Waals surface area contributed by atoms with E-state index in [1.807, 2.05) is 48.7 Å². The van der Waals surface area contributed by atoms with Crippen LogP contribution >= 0.6 is 22.7 Å². The monoisotopic (exact) mass is 454 g/mol. The number of aryl methyl sites for hydroxylation is 1. The lowest BCUT2D eigenvalue weighted by Gasteiger charge is -2.24. The summed E-state index contributed by atoms with van der Waals surface area (Å²) >= 11 is 2.84. The first-order chi connectivity index (χ1) is 14.9. The van der Waals surface area contributed by atoms with Crippen molar-refractivity contribution in [1.29, 1.82) is 0 Å². The van der Waals surface area contributed by atoms with Gasteiger partial charge in [0, 0.05) is 4.88 Å². The van der Waals surface area contributed by atoms with Gasteiger partial charge in [-0.1, -0.05) is 23.5 Å². The fraction of sp³-hybridized carbons (Fsp3) is 0.261. The van der Waals surface area contributed by atoms with Crippen LogP contribution in [0, 0.1) is 6.92 Å². The highest BCUT2D eigenvalue weighted by Crippen LogP contribution is 2.35. The van der Waals surface area contributed by atoms with E-state index in [-0.39, 0.29) is 12.2 Å². The van der Waals surface area contributed by atoms with E-state index >= 15 is 0 Å². The predicted molar refractivity (Wildman–Crippen MR) is 122 cm³/mol. The first kappa shape index (κ1) is 21.3. The van der Waals surface area contributed by atoms with Gasteiger partial charge in [0.05, 0.1) is 29.5 Å². The van der Waals surface area contributed by atoms with E-state index in [0.717, 1.165) is 21.8 Å². The van der Waals surface area contributed by atoms with Gasteiger partial charge in [0.25, 0.3) is 5.56 Å². The Morgan fingerprint density at radius 2 is 1.97 bits per heavy atom. The molecule has 1 atom stereocenters. The Balaban J connectivity index is 1.92. The molecule has 3 heterocycles. The van der Waals surface area contributed by atoms with Crippen molar-refractivity contribution in [2.45, 2.75) is 26.8 Å². The first-order valence-electron chi connectivity index (χ1n) is 9.82. The number of ether oxygens (including phenoxy) is 2. The number of nitrogens with zero attached hydrogens (tertiary/aromatic N) is 2. The molecule has 1 unspecified atom stereocenters. The fourth-order valence-electron chi connectivity index (χ4n) is 3.56. The number of carbonyl (C=O) groups excluding carboxylic acids is 1. The van der Waals surface area contributed by atoms with Crippen LogP contribution in [0.4, 0.5) is 0 Å². The number of carbonyl (C=O) groups is 1. The van der Waals surface area contributed by atoms with Crippen molar-refractivity contribution in [2.24, 2.45) is 4.99 Å². The number of methoxy groups -OCH3 is 1. The molecule has 0 aliphatic carbocycles. The molecular weight excluding hydrogens is 432 g/mol. The highest BCUT2D eigenvalue weighted by Gasteiger charge is 2.34. The van der Waals surface area contributed by atoms with Crippen LogP contribution in [-0.4, -0.2) is 24.3 Å². The van der Waals surface area contributed by atoms with E-state index in [9.17, 15) is 9.59 Å². The number of allylic oxidation sites excluding steroid dienone is 1. The van der Waals surface area contributed by atoms with Gasteiger partial charge in [0.2, 0.25) is 0 Å². The molecule has 0 amide bonds. The number of fused-ring (bicyclic) bond motifs is 1. The summed E-state index contributed by atoms with van der Waals surface area (Å²) in [5.41, 5.74) is 2.73. The lowest BCUT2D eigenvalue weighted by atomic mass is 10.00. The molecular formula is C23H22N2O4S2. The van der Waals surface area contributed by atoms with Gasteiger partial charge in [0.1, 0.15) is 11.8 Å². The molecule has 6 nitrogen and oxygen atoms in total. The second-order valence-corrected chi connectivity index (χ2v) is 9.00. The van der Waals surface area contributed by atoms with Gasteiger partial charge >= 0.3 is 5.97 Å². The average Bonchev–Trinajstić information content (AvgIpc) is 3.30. The van der Waals surface area contributed by atoms with Gasteiger partial charge in [-0.2, -0.15) is 0 Å². The Labute approximate surface area is 187 Å². The smallest absolute Gasteiger partial charge is 0.338 e. The molecule has 0 radical (unpaired) electrons. The molecule has 31 heavy (non-hydrogen) atoms. The Morgan fingerprint density at radius 3 is 2.58 bits per heavy atom. The summed E-state index contributed by atoms with van der Waals surface area (Å²) in [7, 11) is 1.61. The minimum atomic E-state index is -0.548. The van der Waals surface area contributed by atoms with E-state index in [0.29, 0.717) is 20.6 Å². The van der Waals surface area contributed by atoms with Gasteiger partial charge in [-0.25, -0.2) is 9.79 Å². The maximum absolute atomic E-state index is 13.5. The van der Waals surface area contributed by atoms with Gasteiger partial charge in [0.15, 0.2) is 4.80 Å². The van der Waals surface area contributed by atoms with Crippen molar-refractivity contribution >= 4 is 34.7 Å². The zero-order valence-corrected chi connectivity index (χ0v) is 19.3. The third-order valence-corrected chi connectivity index (χ3v) is 7.13.